The van der Waals surface area contributed by atoms with E-state index in [4.69, 9.17) is 5.11 Å². The van der Waals surface area contributed by atoms with Crippen molar-refractivity contribution in [1.82, 2.24) is 31.4 Å². The van der Waals surface area contributed by atoms with Crippen LogP contribution in [-0.4, -0.2) is 37.1 Å². The molecule has 2 heterocycles. The van der Waals surface area contributed by atoms with Crippen molar-refractivity contribution in [2.75, 3.05) is 0 Å². The summed E-state index contributed by atoms with van der Waals surface area (Å²) in [5.74, 6) is -0.867. The smallest absolute Gasteiger partial charge is 0.321 e. The maximum atomic E-state index is 11.1. The first-order valence-electron chi connectivity index (χ1n) is 7.16. The fraction of sp³-hybridized carbons (Fsp3) is 0.188. The van der Waals surface area contributed by atoms with Gasteiger partial charge in [-0.05, 0) is 5.56 Å². The summed E-state index contributed by atoms with van der Waals surface area (Å²) in [6.07, 6.45) is 8.71. The number of nitrogens with one attached hydrogen (secondary N) is 3. The summed E-state index contributed by atoms with van der Waals surface area (Å²) in [6, 6.07) is 9.08. The van der Waals surface area contributed by atoms with Gasteiger partial charge in [0.25, 0.3) is 0 Å². The molecule has 0 radical (unpaired) electrons. The van der Waals surface area contributed by atoms with Crippen LogP contribution in [0.15, 0.2) is 61.6 Å². The van der Waals surface area contributed by atoms with Crippen LogP contribution in [-0.2, 0) is 17.8 Å². The predicted octanol–water partition coefficient (Wildman–Crippen LogP) is 1.77. The number of carboxylic acids is 1. The second-order valence-corrected chi connectivity index (χ2v) is 4.78. The minimum Gasteiger partial charge on any atom is -0.480 e. The monoisotopic (exact) mass is 330 g/mol. The molecule has 3 rings (SSSR count). The quantitative estimate of drug-likeness (QED) is 0.466. The molecular weight excluding hydrogens is 308 g/mol. The van der Waals surface area contributed by atoms with Crippen LogP contribution in [0.25, 0.3) is 0 Å². The van der Waals surface area contributed by atoms with E-state index in [2.05, 4.69) is 25.3 Å². The van der Waals surface area contributed by atoms with Gasteiger partial charge in [0, 0.05) is 31.6 Å². The van der Waals surface area contributed by atoms with Crippen LogP contribution in [0.4, 0.5) is 0 Å². The molecule has 8 heteroatoms. The highest BCUT2D eigenvalue weighted by atomic mass is 16.4. The highest BCUT2D eigenvalue weighted by Crippen LogP contribution is 2.02. The number of H-pyrrole nitrogens is 2. The highest BCUT2D eigenvalue weighted by Gasteiger charge is 2.18. The van der Waals surface area contributed by atoms with Gasteiger partial charge in [-0.15, -0.1) is 0 Å². The fourth-order valence-corrected chi connectivity index (χ4v) is 1.91. The van der Waals surface area contributed by atoms with Crippen LogP contribution in [0.5, 0.6) is 0 Å². The number of aromatic nitrogens is 4. The maximum Gasteiger partial charge on any atom is 0.321 e. The zero-order valence-electron chi connectivity index (χ0n) is 13.2. The van der Waals surface area contributed by atoms with Crippen molar-refractivity contribution < 1.29 is 9.90 Å². The second-order valence-electron chi connectivity index (χ2n) is 4.78. The third-order valence-electron chi connectivity index (χ3n) is 3.07. The summed E-state index contributed by atoms with van der Waals surface area (Å²) in [7, 11) is 0. The fourth-order valence-electron chi connectivity index (χ4n) is 1.91. The van der Waals surface area contributed by atoms with E-state index in [1.165, 1.54) is 0 Å². The van der Waals surface area contributed by atoms with E-state index < -0.39 is 12.0 Å². The Hall–Kier alpha value is -2.97. The topological polar surface area (TPSA) is 142 Å². The lowest BCUT2D eigenvalue weighted by molar-refractivity contribution is -0.139. The molecule has 0 spiro atoms. The number of hydrogen-bond acceptors (Lipinski definition) is 5. The number of benzene rings is 1. The van der Waals surface area contributed by atoms with Crippen LogP contribution < -0.4 is 11.5 Å². The minimum absolute atomic E-state index is 0. The molecule has 2 aromatic heterocycles. The molecule has 0 fully saturated rings. The lowest BCUT2D eigenvalue weighted by Gasteiger charge is -2.13. The van der Waals surface area contributed by atoms with E-state index >= 15 is 0 Å². The van der Waals surface area contributed by atoms with Crippen molar-refractivity contribution in [2.45, 2.75) is 19.0 Å². The van der Waals surface area contributed by atoms with Crippen molar-refractivity contribution in [3.63, 3.8) is 0 Å². The number of rotatable bonds is 6. The third kappa shape index (κ3) is 6.86. The van der Waals surface area contributed by atoms with Gasteiger partial charge in [0.1, 0.15) is 6.04 Å². The number of aromatic amines is 2. The van der Waals surface area contributed by atoms with E-state index in [1.54, 1.807) is 31.2 Å². The van der Waals surface area contributed by atoms with Gasteiger partial charge in [-0.25, -0.2) is 9.97 Å². The minimum atomic E-state index is -0.867. The van der Waals surface area contributed by atoms with E-state index in [0.717, 1.165) is 11.3 Å². The van der Waals surface area contributed by atoms with Crippen molar-refractivity contribution >= 4 is 5.97 Å². The lowest BCUT2D eigenvalue weighted by atomic mass is 10.1. The Morgan fingerprint density at radius 2 is 2.00 bits per heavy atom. The van der Waals surface area contributed by atoms with Crippen LogP contribution in [0, 0.1) is 0 Å². The number of hydrogen-bond donors (Lipinski definition) is 5. The maximum absolute atomic E-state index is 11.1. The van der Waals surface area contributed by atoms with Crippen LogP contribution in [0.1, 0.15) is 11.3 Å². The van der Waals surface area contributed by atoms with Gasteiger partial charge >= 0.3 is 5.97 Å². The molecule has 1 atom stereocenters. The Bertz CT molecular complexity index is 638. The van der Waals surface area contributed by atoms with E-state index in [-0.39, 0.29) is 6.15 Å². The normalized spacial score (nSPS) is 10.8. The number of carbonyl (C=O) groups is 1. The molecule has 0 aliphatic carbocycles. The average Bonchev–Trinajstić information content (AvgIpc) is 3.28. The largest absolute Gasteiger partial charge is 0.480 e. The molecule has 0 saturated carbocycles. The number of imidazole rings is 2. The molecule has 24 heavy (non-hydrogen) atoms. The molecule has 0 amide bonds. The van der Waals surface area contributed by atoms with Crippen molar-refractivity contribution in [1.29, 1.82) is 0 Å². The first-order valence-corrected chi connectivity index (χ1v) is 7.16. The van der Waals surface area contributed by atoms with Gasteiger partial charge in [0.2, 0.25) is 0 Å². The summed E-state index contributed by atoms with van der Waals surface area (Å²) < 4.78 is 0. The van der Waals surface area contributed by atoms with Crippen molar-refractivity contribution in [3.05, 3.63) is 72.8 Å². The standard InChI is InChI=1S/C13H15N3O2.C3H4N2.H3N/c17-13(18)12(6-11-8-14-9-16-11)15-7-10-4-2-1-3-5-10;1-2-5-3-4-1;/h1-5,8-9,12,15H,6-7H2,(H,14,16)(H,17,18);1-3H,(H,4,5);1H3. The summed E-state index contributed by atoms with van der Waals surface area (Å²) in [5, 5.41) is 12.2. The molecule has 3 aromatic rings. The van der Waals surface area contributed by atoms with Gasteiger partial charge in [0.05, 0.1) is 18.3 Å². The first kappa shape index (κ1) is 19.1. The second kappa shape index (κ2) is 10.7. The van der Waals surface area contributed by atoms with E-state index in [1.807, 2.05) is 30.3 Å². The summed E-state index contributed by atoms with van der Waals surface area (Å²) >= 11 is 0. The molecule has 0 saturated heterocycles. The van der Waals surface area contributed by atoms with Gasteiger partial charge < -0.3 is 21.2 Å². The van der Waals surface area contributed by atoms with Gasteiger partial charge in [-0.2, -0.15) is 0 Å². The zero-order chi connectivity index (χ0) is 16.3. The van der Waals surface area contributed by atoms with Crippen molar-refractivity contribution in [2.24, 2.45) is 0 Å². The Labute approximate surface area is 140 Å². The molecule has 1 aromatic carbocycles. The summed E-state index contributed by atoms with van der Waals surface area (Å²) in [5.41, 5.74) is 1.80. The molecule has 0 bridgehead atoms. The Morgan fingerprint density at radius 3 is 2.50 bits per heavy atom. The van der Waals surface area contributed by atoms with Gasteiger partial charge in [0.15, 0.2) is 0 Å². The van der Waals surface area contributed by atoms with Crippen molar-refractivity contribution in [3.8, 4) is 0 Å². The zero-order valence-corrected chi connectivity index (χ0v) is 13.2. The average molecular weight is 330 g/mol. The van der Waals surface area contributed by atoms with E-state index in [0.29, 0.717) is 13.0 Å². The predicted molar refractivity (Wildman–Crippen MR) is 90.6 cm³/mol. The van der Waals surface area contributed by atoms with Crippen LogP contribution >= 0.6 is 0 Å². The highest BCUT2D eigenvalue weighted by molar-refractivity contribution is 5.73. The third-order valence-corrected chi connectivity index (χ3v) is 3.07. The molecule has 7 N–H and O–H groups in total. The molecule has 0 aliphatic rings. The number of carboxylic acid groups (broad SMARTS) is 1. The Morgan fingerprint density at radius 1 is 1.21 bits per heavy atom. The lowest BCUT2D eigenvalue weighted by Crippen LogP contribution is -2.38. The van der Waals surface area contributed by atoms with Gasteiger partial charge in [-0.3, -0.25) is 10.1 Å². The summed E-state index contributed by atoms with van der Waals surface area (Å²) in [4.78, 5) is 24.4. The summed E-state index contributed by atoms with van der Waals surface area (Å²) in [6.45, 7) is 0.530. The number of nitrogens with zero attached hydrogens (tertiary/aromatic N) is 2. The molecule has 8 nitrogen and oxygen atoms in total. The SMILES string of the molecule is N.O=C(O)C(Cc1c[nH]cn1)NCc1ccccc1.c1c[nH]cn1. The first-order chi connectivity index (χ1) is 11.3. The van der Waals surface area contributed by atoms with E-state index in [9.17, 15) is 4.79 Å². The molecule has 1 unspecified atom stereocenters. The van der Waals surface area contributed by atoms with Crippen LogP contribution in [0.2, 0.25) is 0 Å². The molecule has 128 valence electrons. The van der Waals surface area contributed by atoms with Crippen LogP contribution in [0.3, 0.4) is 0 Å². The molecule has 0 aliphatic heterocycles. The van der Waals surface area contributed by atoms with Gasteiger partial charge in [-0.1, -0.05) is 30.3 Å². The Kier molecular flexibility index (Phi) is 8.51. The molecular formula is C16H22N6O2. The Balaban J connectivity index is 0.000000412. The number of aliphatic carboxylic acids is 1.